The second-order valence-corrected chi connectivity index (χ2v) is 7.29. The minimum Gasteiger partial charge on any atom is -0.486 e. The van der Waals surface area contributed by atoms with Gasteiger partial charge in [-0.05, 0) is 62.1 Å². The lowest BCUT2D eigenvalue weighted by molar-refractivity contribution is 0.0939. The molecule has 1 N–H and O–H groups in total. The van der Waals surface area contributed by atoms with E-state index in [-0.39, 0.29) is 11.9 Å². The fourth-order valence-electron chi connectivity index (χ4n) is 3.74. The van der Waals surface area contributed by atoms with Crippen LogP contribution in [-0.2, 0) is 0 Å². The molecule has 0 radical (unpaired) electrons. The zero-order chi connectivity index (χ0) is 18.8. The van der Waals surface area contributed by atoms with Crippen LogP contribution in [0.4, 0.5) is 5.69 Å². The van der Waals surface area contributed by atoms with Crippen LogP contribution in [-0.4, -0.2) is 32.2 Å². The molecular weight excluding hydrogens is 340 g/mol. The summed E-state index contributed by atoms with van der Waals surface area (Å²) in [6.07, 6.45) is 2.44. The van der Waals surface area contributed by atoms with Crippen molar-refractivity contribution < 1.29 is 14.3 Å². The molecule has 0 unspecified atom stereocenters. The van der Waals surface area contributed by atoms with Crippen molar-refractivity contribution in [2.24, 2.45) is 0 Å². The molecule has 1 atom stereocenters. The Bertz CT molecular complexity index is 843. The van der Waals surface area contributed by atoms with E-state index >= 15 is 0 Å². The quantitative estimate of drug-likeness (QED) is 0.893. The van der Waals surface area contributed by atoms with Gasteiger partial charge in [0.05, 0.1) is 6.04 Å². The van der Waals surface area contributed by atoms with Crippen LogP contribution < -0.4 is 19.7 Å². The highest BCUT2D eigenvalue weighted by Crippen LogP contribution is 2.32. The zero-order valence-corrected chi connectivity index (χ0v) is 16.0. The summed E-state index contributed by atoms with van der Waals surface area (Å²) in [7, 11) is 0. The van der Waals surface area contributed by atoms with Crippen LogP contribution in [0.15, 0.2) is 36.4 Å². The third-order valence-electron chi connectivity index (χ3n) is 5.33. The van der Waals surface area contributed by atoms with Crippen LogP contribution in [0.3, 0.4) is 0 Å². The number of hydrogen-bond acceptors (Lipinski definition) is 4. The second-order valence-electron chi connectivity index (χ2n) is 7.29. The van der Waals surface area contributed by atoms with Gasteiger partial charge in [0.15, 0.2) is 11.5 Å². The van der Waals surface area contributed by atoms with Crippen molar-refractivity contribution in [3.63, 3.8) is 0 Å². The average molecular weight is 366 g/mol. The normalized spacial score (nSPS) is 16.9. The van der Waals surface area contributed by atoms with Gasteiger partial charge in [-0.25, -0.2) is 0 Å². The molecule has 1 saturated heterocycles. The monoisotopic (exact) mass is 366 g/mol. The lowest BCUT2D eigenvalue weighted by Gasteiger charge is -2.22. The minimum atomic E-state index is -0.120. The van der Waals surface area contributed by atoms with Gasteiger partial charge < -0.3 is 19.7 Å². The van der Waals surface area contributed by atoms with E-state index in [4.69, 9.17) is 9.47 Å². The number of amides is 1. The molecule has 2 heterocycles. The molecule has 2 aromatic rings. The molecule has 0 aliphatic carbocycles. The summed E-state index contributed by atoms with van der Waals surface area (Å²) in [4.78, 5) is 15.2. The summed E-state index contributed by atoms with van der Waals surface area (Å²) >= 11 is 0. The maximum atomic E-state index is 12.8. The Labute approximate surface area is 160 Å². The first kappa shape index (κ1) is 17.7. The fraction of sp³-hybridized carbons (Fsp3) is 0.409. The summed E-state index contributed by atoms with van der Waals surface area (Å²) in [5.74, 6) is 1.45. The molecule has 142 valence electrons. The third kappa shape index (κ3) is 3.72. The van der Waals surface area contributed by atoms with Crippen molar-refractivity contribution in [1.82, 2.24) is 5.32 Å². The van der Waals surface area contributed by atoms with Crippen LogP contribution in [0.2, 0.25) is 0 Å². The van der Waals surface area contributed by atoms with Crippen LogP contribution in [0, 0.1) is 6.92 Å². The fourth-order valence-corrected chi connectivity index (χ4v) is 3.74. The van der Waals surface area contributed by atoms with Gasteiger partial charge >= 0.3 is 0 Å². The maximum absolute atomic E-state index is 12.8. The van der Waals surface area contributed by atoms with Gasteiger partial charge in [0.25, 0.3) is 5.91 Å². The first-order valence-corrected chi connectivity index (χ1v) is 9.68. The highest BCUT2D eigenvalue weighted by molar-refractivity contribution is 5.95. The average Bonchev–Trinajstić information content (AvgIpc) is 3.22. The Balaban J connectivity index is 1.49. The highest BCUT2D eigenvalue weighted by atomic mass is 16.6. The standard InChI is InChI=1S/C22H26N2O3/c1-15-5-6-18(13-19(15)24-9-3-4-10-24)22(25)23-16(2)17-7-8-20-21(14-17)27-12-11-26-20/h5-8,13-14,16H,3-4,9-12H2,1-2H3,(H,23,25)/t16-/m1/s1. The number of nitrogens with one attached hydrogen (secondary N) is 1. The minimum absolute atomic E-state index is 0.0576. The molecule has 5 heteroatoms. The Hall–Kier alpha value is -2.69. The van der Waals surface area contributed by atoms with E-state index in [1.165, 1.54) is 24.1 Å². The smallest absolute Gasteiger partial charge is 0.251 e. The first-order valence-electron chi connectivity index (χ1n) is 9.68. The number of carbonyl (C=O) groups is 1. The van der Waals surface area contributed by atoms with E-state index in [0.29, 0.717) is 18.8 Å². The molecule has 2 aliphatic rings. The summed E-state index contributed by atoms with van der Waals surface area (Å²) in [5, 5.41) is 3.10. The molecule has 1 amide bonds. The van der Waals surface area contributed by atoms with Crippen molar-refractivity contribution in [2.45, 2.75) is 32.7 Å². The summed E-state index contributed by atoms with van der Waals surface area (Å²) in [6.45, 7) is 7.36. The Morgan fingerprint density at radius 2 is 1.78 bits per heavy atom. The first-order chi connectivity index (χ1) is 13.1. The molecular formula is C22H26N2O3. The Morgan fingerprint density at radius 3 is 2.56 bits per heavy atom. The summed E-state index contributed by atoms with van der Waals surface area (Å²) in [6, 6.07) is 11.7. The molecule has 0 aromatic heterocycles. The van der Waals surface area contributed by atoms with E-state index in [2.05, 4.69) is 17.1 Å². The third-order valence-corrected chi connectivity index (χ3v) is 5.33. The second kappa shape index (κ2) is 7.51. The molecule has 1 fully saturated rings. The van der Waals surface area contributed by atoms with Crippen LogP contribution in [0.1, 0.15) is 47.3 Å². The van der Waals surface area contributed by atoms with Gasteiger partial charge in [0.1, 0.15) is 13.2 Å². The van der Waals surface area contributed by atoms with Gasteiger partial charge in [0.2, 0.25) is 0 Å². The van der Waals surface area contributed by atoms with Crippen LogP contribution in [0.25, 0.3) is 0 Å². The van der Waals surface area contributed by atoms with Crippen molar-refractivity contribution in [3.05, 3.63) is 53.1 Å². The van der Waals surface area contributed by atoms with Gasteiger partial charge in [-0.15, -0.1) is 0 Å². The van der Waals surface area contributed by atoms with Crippen LogP contribution >= 0.6 is 0 Å². The Kier molecular flexibility index (Phi) is 4.92. The molecule has 2 aliphatic heterocycles. The van der Waals surface area contributed by atoms with E-state index in [0.717, 1.165) is 30.2 Å². The number of nitrogens with zero attached hydrogens (tertiary/aromatic N) is 1. The number of carbonyl (C=O) groups excluding carboxylic acids is 1. The van der Waals surface area contributed by atoms with Crippen LogP contribution in [0.5, 0.6) is 11.5 Å². The van der Waals surface area contributed by atoms with Gasteiger partial charge in [-0.3, -0.25) is 4.79 Å². The maximum Gasteiger partial charge on any atom is 0.251 e. The number of fused-ring (bicyclic) bond motifs is 1. The predicted octanol–water partition coefficient (Wildman–Crippen LogP) is 3.86. The molecule has 0 bridgehead atoms. The number of ether oxygens (including phenoxy) is 2. The van der Waals surface area contributed by atoms with Crippen molar-refractivity contribution in [3.8, 4) is 11.5 Å². The van der Waals surface area contributed by atoms with Gasteiger partial charge in [-0.1, -0.05) is 12.1 Å². The SMILES string of the molecule is Cc1ccc(C(=O)N[C@H](C)c2ccc3c(c2)OCCO3)cc1N1CCCC1. The van der Waals surface area contributed by atoms with Crippen molar-refractivity contribution in [2.75, 3.05) is 31.2 Å². The van der Waals surface area contributed by atoms with Crippen molar-refractivity contribution in [1.29, 1.82) is 0 Å². The number of hydrogen-bond donors (Lipinski definition) is 1. The number of rotatable bonds is 4. The molecule has 0 spiro atoms. The van der Waals surface area contributed by atoms with Crippen molar-refractivity contribution >= 4 is 11.6 Å². The van der Waals surface area contributed by atoms with E-state index in [1.54, 1.807) is 0 Å². The van der Waals surface area contributed by atoms with E-state index in [1.807, 2.05) is 43.3 Å². The molecule has 4 rings (SSSR count). The zero-order valence-electron chi connectivity index (χ0n) is 16.0. The van der Waals surface area contributed by atoms with Gasteiger partial charge in [-0.2, -0.15) is 0 Å². The van der Waals surface area contributed by atoms with E-state index < -0.39 is 0 Å². The molecule has 0 saturated carbocycles. The van der Waals surface area contributed by atoms with Gasteiger partial charge in [0, 0.05) is 24.3 Å². The lowest BCUT2D eigenvalue weighted by Crippen LogP contribution is -2.27. The molecule has 5 nitrogen and oxygen atoms in total. The molecule has 27 heavy (non-hydrogen) atoms. The number of anilines is 1. The number of benzene rings is 2. The topological polar surface area (TPSA) is 50.8 Å². The van der Waals surface area contributed by atoms with E-state index in [9.17, 15) is 4.79 Å². The lowest BCUT2D eigenvalue weighted by atomic mass is 10.1. The predicted molar refractivity (Wildman–Crippen MR) is 106 cm³/mol. The summed E-state index contributed by atoms with van der Waals surface area (Å²) < 4.78 is 11.2. The Morgan fingerprint density at radius 1 is 1.04 bits per heavy atom. The highest BCUT2D eigenvalue weighted by Gasteiger charge is 2.19. The summed E-state index contributed by atoms with van der Waals surface area (Å²) in [5.41, 5.74) is 4.09. The number of aryl methyl sites for hydroxylation is 1. The largest absolute Gasteiger partial charge is 0.486 e. The molecule has 2 aromatic carbocycles.